The van der Waals surface area contributed by atoms with Gasteiger partial charge in [0.1, 0.15) is 5.65 Å². The standard InChI is InChI=1S/C9H10BrN3/c1-6-8(10)2-3-9-12-7(4-11)5-13(6)9/h2-3,5H,4,11H2,1H3. The molecule has 0 fully saturated rings. The van der Waals surface area contributed by atoms with E-state index < -0.39 is 0 Å². The van der Waals surface area contributed by atoms with Gasteiger partial charge in [-0.1, -0.05) is 0 Å². The number of nitrogens with two attached hydrogens (primary N) is 1. The Labute approximate surface area is 84.7 Å². The molecule has 0 atom stereocenters. The zero-order chi connectivity index (χ0) is 9.42. The summed E-state index contributed by atoms with van der Waals surface area (Å²) in [5, 5.41) is 0. The molecule has 2 rings (SSSR count). The Morgan fingerprint density at radius 3 is 3.00 bits per heavy atom. The molecule has 2 heterocycles. The van der Waals surface area contributed by atoms with E-state index in [9.17, 15) is 0 Å². The molecule has 2 aromatic heterocycles. The number of imidazole rings is 1. The van der Waals surface area contributed by atoms with E-state index in [0.29, 0.717) is 6.54 Å². The Balaban J connectivity index is 2.76. The van der Waals surface area contributed by atoms with Gasteiger partial charge in [-0.25, -0.2) is 4.98 Å². The first-order valence-corrected chi connectivity index (χ1v) is 4.85. The average Bonchev–Trinajstić information content (AvgIpc) is 2.55. The van der Waals surface area contributed by atoms with E-state index in [0.717, 1.165) is 21.5 Å². The van der Waals surface area contributed by atoms with E-state index in [1.165, 1.54) is 0 Å². The molecule has 0 unspecified atom stereocenters. The average molecular weight is 240 g/mol. The predicted molar refractivity (Wildman–Crippen MR) is 55.5 cm³/mol. The van der Waals surface area contributed by atoms with Crippen LogP contribution in [0.25, 0.3) is 5.65 Å². The Kier molecular flexibility index (Phi) is 2.09. The van der Waals surface area contributed by atoms with Gasteiger partial charge in [0.2, 0.25) is 0 Å². The van der Waals surface area contributed by atoms with Crippen LogP contribution in [0.4, 0.5) is 0 Å². The van der Waals surface area contributed by atoms with Crippen molar-refractivity contribution in [2.75, 3.05) is 0 Å². The number of aryl methyl sites for hydroxylation is 1. The summed E-state index contributed by atoms with van der Waals surface area (Å²) in [7, 11) is 0. The summed E-state index contributed by atoms with van der Waals surface area (Å²) < 4.78 is 3.12. The summed E-state index contributed by atoms with van der Waals surface area (Å²) in [6.45, 7) is 2.53. The van der Waals surface area contributed by atoms with Crippen LogP contribution in [0, 0.1) is 6.92 Å². The lowest BCUT2D eigenvalue weighted by atomic mass is 10.4. The van der Waals surface area contributed by atoms with Crippen molar-refractivity contribution in [3.63, 3.8) is 0 Å². The molecule has 4 heteroatoms. The number of rotatable bonds is 1. The Morgan fingerprint density at radius 2 is 2.31 bits per heavy atom. The minimum absolute atomic E-state index is 0.485. The fourth-order valence-electron chi connectivity index (χ4n) is 1.31. The van der Waals surface area contributed by atoms with Gasteiger partial charge in [0.05, 0.1) is 5.69 Å². The van der Waals surface area contributed by atoms with Gasteiger partial charge in [-0.15, -0.1) is 0 Å². The third-order valence-corrected chi connectivity index (χ3v) is 2.92. The molecule has 0 spiro atoms. The van der Waals surface area contributed by atoms with E-state index in [1.807, 2.05) is 29.7 Å². The molecule has 2 aromatic rings. The highest BCUT2D eigenvalue weighted by Gasteiger charge is 2.03. The van der Waals surface area contributed by atoms with Gasteiger partial charge < -0.3 is 10.1 Å². The van der Waals surface area contributed by atoms with Crippen molar-refractivity contribution in [3.05, 3.63) is 34.2 Å². The molecular formula is C9H10BrN3. The van der Waals surface area contributed by atoms with E-state index >= 15 is 0 Å². The maximum absolute atomic E-state index is 5.51. The molecule has 68 valence electrons. The van der Waals surface area contributed by atoms with Gasteiger partial charge in [0, 0.05) is 22.9 Å². The van der Waals surface area contributed by atoms with Gasteiger partial charge in [0.15, 0.2) is 0 Å². The van der Waals surface area contributed by atoms with Gasteiger partial charge in [-0.3, -0.25) is 0 Å². The van der Waals surface area contributed by atoms with Crippen LogP contribution < -0.4 is 5.73 Å². The molecule has 0 aliphatic heterocycles. The highest BCUT2D eigenvalue weighted by atomic mass is 79.9. The van der Waals surface area contributed by atoms with Crippen LogP contribution in [0.15, 0.2) is 22.8 Å². The first-order valence-electron chi connectivity index (χ1n) is 4.05. The summed E-state index contributed by atoms with van der Waals surface area (Å²) in [4.78, 5) is 4.35. The number of nitrogens with zero attached hydrogens (tertiary/aromatic N) is 2. The van der Waals surface area contributed by atoms with Crippen molar-refractivity contribution < 1.29 is 0 Å². The number of hydrogen-bond donors (Lipinski definition) is 1. The Hall–Kier alpha value is -0.870. The largest absolute Gasteiger partial charge is 0.325 e. The van der Waals surface area contributed by atoms with Crippen LogP contribution in [0.5, 0.6) is 0 Å². The molecule has 0 saturated heterocycles. The maximum atomic E-state index is 5.51. The first-order chi connectivity index (χ1) is 6.22. The second kappa shape index (κ2) is 3.12. The van der Waals surface area contributed by atoms with Crippen LogP contribution in [0.3, 0.4) is 0 Å². The van der Waals surface area contributed by atoms with Crippen LogP contribution in [-0.2, 0) is 6.54 Å². The lowest BCUT2D eigenvalue weighted by molar-refractivity contribution is 1.01. The topological polar surface area (TPSA) is 43.3 Å². The number of halogens is 1. The summed E-state index contributed by atoms with van der Waals surface area (Å²) in [5.41, 5.74) is 8.52. The zero-order valence-corrected chi connectivity index (χ0v) is 8.87. The fourth-order valence-corrected chi connectivity index (χ4v) is 1.64. The molecule has 2 N–H and O–H groups in total. The van der Waals surface area contributed by atoms with Crippen molar-refractivity contribution in [2.45, 2.75) is 13.5 Å². The van der Waals surface area contributed by atoms with Crippen molar-refractivity contribution in [3.8, 4) is 0 Å². The van der Waals surface area contributed by atoms with Gasteiger partial charge in [0.25, 0.3) is 0 Å². The second-order valence-electron chi connectivity index (χ2n) is 2.93. The van der Waals surface area contributed by atoms with Crippen LogP contribution >= 0.6 is 15.9 Å². The van der Waals surface area contributed by atoms with Crippen molar-refractivity contribution in [1.82, 2.24) is 9.38 Å². The molecule has 0 aliphatic rings. The summed E-state index contributed by atoms with van der Waals surface area (Å²) in [5.74, 6) is 0. The van der Waals surface area contributed by atoms with Crippen molar-refractivity contribution in [2.24, 2.45) is 5.73 Å². The van der Waals surface area contributed by atoms with Crippen LogP contribution in [0.1, 0.15) is 11.4 Å². The van der Waals surface area contributed by atoms with Crippen LogP contribution in [0.2, 0.25) is 0 Å². The van der Waals surface area contributed by atoms with E-state index in [2.05, 4.69) is 20.9 Å². The lowest BCUT2D eigenvalue weighted by Gasteiger charge is -2.00. The molecular weight excluding hydrogens is 230 g/mol. The summed E-state index contributed by atoms with van der Waals surface area (Å²) >= 11 is 3.47. The van der Waals surface area contributed by atoms with E-state index in [1.54, 1.807) is 0 Å². The fraction of sp³-hybridized carbons (Fsp3) is 0.222. The van der Waals surface area contributed by atoms with E-state index in [4.69, 9.17) is 5.73 Å². The quantitative estimate of drug-likeness (QED) is 0.826. The maximum Gasteiger partial charge on any atom is 0.137 e. The normalized spacial score (nSPS) is 11.0. The molecule has 3 nitrogen and oxygen atoms in total. The van der Waals surface area contributed by atoms with Crippen molar-refractivity contribution in [1.29, 1.82) is 0 Å². The van der Waals surface area contributed by atoms with Crippen LogP contribution in [-0.4, -0.2) is 9.38 Å². The van der Waals surface area contributed by atoms with Gasteiger partial charge in [-0.05, 0) is 35.0 Å². The first kappa shape index (κ1) is 8.72. The van der Waals surface area contributed by atoms with Gasteiger partial charge >= 0.3 is 0 Å². The molecule has 13 heavy (non-hydrogen) atoms. The molecule has 0 bridgehead atoms. The summed E-state index contributed by atoms with van der Waals surface area (Å²) in [6.07, 6.45) is 1.97. The zero-order valence-electron chi connectivity index (χ0n) is 7.29. The SMILES string of the molecule is Cc1c(Br)ccc2nc(CN)cn12. The third-order valence-electron chi connectivity index (χ3n) is 2.08. The van der Waals surface area contributed by atoms with Crippen molar-refractivity contribution >= 4 is 21.6 Å². The minimum Gasteiger partial charge on any atom is -0.325 e. The third kappa shape index (κ3) is 1.36. The molecule has 0 saturated carbocycles. The Bertz CT molecular complexity index is 447. The second-order valence-corrected chi connectivity index (χ2v) is 3.79. The molecule has 0 aliphatic carbocycles. The number of aromatic nitrogens is 2. The highest BCUT2D eigenvalue weighted by Crippen LogP contribution is 2.17. The van der Waals surface area contributed by atoms with E-state index in [-0.39, 0.29) is 0 Å². The highest BCUT2D eigenvalue weighted by molar-refractivity contribution is 9.10. The number of pyridine rings is 1. The summed E-state index contributed by atoms with van der Waals surface area (Å²) in [6, 6.07) is 3.97. The number of hydrogen-bond acceptors (Lipinski definition) is 2. The smallest absolute Gasteiger partial charge is 0.137 e. The monoisotopic (exact) mass is 239 g/mol. The predicted octanol–water partition coefficient (Wildman–Crippen LogP) is 1.86. The Morgan fingerprint density at radius 1 is 1.54 bits per heavy atom. The lowest BCUT2D eigenvalue weighted by Crippen LogP contribution is -1.95. The van der Waals surface area contributed by atoms with Gasteiger partial charge in [-0.2, -0.15) is 0 Å². The molecule has 0 amide bonds. The minimum atomic E-state index is 0.485. The molecule has 0 aromatic carbocycles. The number of fused-ring (bicyclic) bond motifs is 1. The molecule has 0 radical (unpaired) electrons.